The van der Waals surface area contributed by atoms with Gasteiger partial charge in [-0.15, -0.1) is 0 Å². The molecular formula is C21H22ClFN4O4S. The van der Waals surface area contributed by atoms with Crippen molar-refractivity contribution in [1.82, 2.24) is 19.7 Å². The van der Waals surface area contributed by atoms with Crippen LogP contribution in [0.3, 0.4) is 0 Å². The maximum atomic E-state index is 13.6. The summed E-state index contributed by atoms with van der Waals surface area (Å²) in [5.74, 6) is -0.413. The van der Waals surface area contributed by atoms with E-state index in [-0.39, 0.29) is 0 Å². The van der Waals surface area contributed by atoms with Crippen LogP contribution < -0.4 is 0 Å². The van der Waals surface area contributed by atoms with Crippen LogP contribution in [0.15, 0.2) is 54.1 Å². The highest BCUT2D eigenvalue weighted by Crippen LogP contribution is 2.40. The van der Waals surface area contributed by atoms with Crippen molar-refractivity contribution in [3.8, 4) is 11.3 Å². The average Bonchev–Trinajstić information content (AvgIpc) is 3.24. The third-order valence-electron chi connectivity index (χ3n) is 5.18. The Morgan fingerprint density at radius 1 is 1.31 bits per heavy atom. The van der Waals surface area contributed by atoms with Crippen LogP contribution in [0.1, 0.15) is 13.0 Å². The summed E-state index contributed by atoms with van der Waals surface area (Å²) in [7, 11) is 1.48. The zero-order valence-electron chi connectivity index (χ0n) is 17.2. The standard InChI is InChI=1S/C21H22ClFN4O4S/c1-11(28)19-20(30-2)17(18(29)21(31-19)32-15-5-13(22)8-24-9-15)27-10-12(7-26-27)16-6-14(23)3-4-25-16/h3-11,17-21,28-29H,1-2H3/t11?,17?,18?,19?,20-,21-/m1/s1. The molecule has 32 heavy (non-hydrogen) atoms. The van der Waals surface area contributed by atoms with Crippen LogP contribution >= 0.6 is 23.4 Å². The maximum Gasteiger partial charge on any atom is 0.136 e. The van der Waals surface area contributed by atoms with Gasteiger partial charge in [0.05, 0.1) is 23.0 Å². The molecule has 4 rings (SSSR count). The molecule has 0 saturated carbocycles. The van der Waals surface area contributed by atoms with E-state index in [4.69, 9.17) is 21.1 Å². The molecule has 0 aliphatic carbocycles. The van der Waals surface area contributed by atoms with Gasteiger partial charge in [0.15, 0.2) is 0 Å². The van der Waals surface area contributed by atoms with E-state index in [0.29, 0.717) is 21.2 Å². The fourth-order valence-corrected chi connectivity index (χ4v) is 5.02. The second kappa shape index (κ2) is 9.82. The van der Waals surface area contributed by atoms with Gasteiger partial charge in [0.25, 0.3) is 0 Å². The number of aliphatic hydroxyl groups excluding tert-OH is 2. The Balaban J connectivity index is 1.67. The Hall–Kier alpha value is -2.08. The highest BCUT2D eigenvalue weighted by atomic mass is 35.5. The molecule has 0 amide bonds. The van der Waals surface area contributed by atoms with Gasteiger partial charge in [-0.25, -0.2) is 4.39 Å². The molecule has 1 aliphatic heterocycles. The zero-order valence-corrected chi connectivity index (χ0v) is 18.8. The minimum absolute atomic E-state index is 0.412. The number of aromatic nitrogens is 4. The van der Waals surface area contributed by atoms with Gasteiger partial charge in [-0.2, -0.15) is 5.10 Å². The van der Waals surface area contributed by atoms with Crippen molar-refractivity contribution in [2.75, 3.05) is 7.11 Å². The van der Waals surface area contributed by atoms with E-state index < -0.39 is 41.7 Å². The number of pyridine rings is 2. The number of nitrogens with zero attached hydrogens (tertiary/aromatic N) is 4. The van der Waals surface area contributed by atoms with Crippen molar-refractivity contribution in [2.45, 2.75) is 47.7 Å². The molecule has 3 aromatic rings. The van der Waals surface area contributed by atoms with Gasteiger partial charge in [0.2, 0.25) is 0 Å². The van der Waals surface area contributed by atoms with Crippen LogP contribution in [-0.4, -0.2) is 66.9 Å². The van der Waals surface area contributed by atoms with E-state index in [1.54, 1.807) is 30.1 Å². The van der Waals surface area contributed by atoms with Crippen molar-refractivity contribution < 1.29 is 24.1 Å². The molecule has 8 nitrogen and oxygen atoms in total. The number of hydrogen-bond acceptors (Lipinski definition) is 8. The zero-order chi connectivity index (χ0) is 22.8. The topological polar surface area (TPSA) is 103 Å². The SMILES string of the molecule is CO[C@H]1C(C(C)O)O[C@H](Sc2cncc(Cl)c2)C(O)C1n1cc(-c2cc(F)ccn2)cn1. The number of aliphatic hydroxyl groups is 2. The largest absolute Gasteiger partial charge is 0.391 e. The third-order valence-corrected chi connectivity index (χ3v) is 6.51. The fourth-order valence-electron chi connectivity index (χ4n) is 3.72. The van der Waals surface area contributed by atoms with Crippen molar-refractivity contribution in [2.24, 2.45) is 0 Å². The summed E-state index contributed by atoms with van der Waals surface area (Å²) in [6, 6.07) is 3.59. The molecule has 3 aromatic heterocycles. The molecule has 170 valence electrons. The summed E-state index contributed by atoms with van der Waals surface area (Å²) in [5, 5.41) is 26.4. The Labute approximate surface area is 193 Å². The number of hydrogen-bond donors (Lipinski definition) is 2. The van der Waals surface area contributed by atoms with Crippen LogP contribution in [-0.2, 0) is 9.47 Å². The number of methoxy groups -OCH3 is 1. The van der Waals surface area contributed by atoms with Crippen LogP contribution in [0.25, 0.3) is 11.3 Å². The van der Waals surface area contributed by atoms with Gasteiger partial charge in [-0.05, 0) is 19.1 Å². The minimum Gasteiger partial charge on any atom is -0.391 e. The highest BCUT2D eigenvalue weighted by Gasteiger charge is 2.49. The number of rotatable bonds is 6. The van der Waals surface area contributed by atoms with Crippen LogP contribution in [0.2, 0.25) is 5.02 Å². The Morgan fingerprint density at radius 3 is 2.81 bits per heavy atom. The van der Waals surface area contributed by atoms with Crippen molar-refractivity contribution in [3.63, 3.8) is 0 Å². The number of thioether (sulfide) groups is 1. The Morgan fingerprint density at radius 2 is 2.12 bits per heavy atom. The molecular weight excluding hydrogens is 459 g/mol. The van der Waals surface area contributed by atoms with Gasteiger partial charge in [-0.1, -0.05) is 23.4 Å². The Kier molecular flexibility index (Phi) is 7.08. The first kappa shape index (κ1) is 23.1. The third kappa shape index (κ3) is 4.80. The summed E-state index contributed by atoms with van der Waals surface area (Å²) >= 11 is 7.27. The van der Waals surface area contributed by atoms with Crippen LogP contribution in [0.5, 0.6) is 0 Å². The summed E-state index contributed by atoms with van der Waals surface area (Å²) < 4.78 is 26.8. The molecule has 6 atom stereocenters. The lowest BCUT2D eigenvalue weighted by molar-refractivity contribution is -0.202. The number of ether oxygens (including phenoxy) is 2. The van der Waals surface area contributed by atoms with E-state index in [1.165, 1.54) is 49.6 Å². The number of halogens is 2. The quantitative estimate of drug-likeness (QED) is 0.555. The molecule has 1 fully saturated rings. The van der Waals surface area contributed by atoms with E-state index in [9.17, 15) is 14.6 Å². The van der Waals surface area contributed by atoms with Crippen molar-refractivity contribution in [3.05, 3.63) is 60.0 Å². The fraction of sp³-hybridized carbons (Fsp3) is 0.381. The van der Waals surface area contributed by atoms with E-state index in [1.807, 2.05) is 0 Å². The van der Waals surface area contributed by atoms with Gasteiger partial charge in [0.1, 0.15) is 35.6 Å². The summed E-state index contributed by atoms with van der Waals surface area (Å²) in [5.41, 5.74) is 0.232. The predicted octanol–water partition coefficient (Wildman–Crippen LogP) is 2.95. The molecule has 0 spiro atoms. The molecule has 2 N–H and O–H groups in total. The maximum absolute atomic E-state index is 13.6. The molecule has 4 heterocycles. The monoisotopic (exact) mass is 480 g/mol. The minimum atomic E-state index is -1.06. The van der Waals surface area contributed by atoms with Crippen molar-refractivity contribution >= 4 is 23.4 Å². The van der Waals surface area contributed by atoms with Gasteiger partial charge < -0.3 is 19.7 Å². The van der Waals surface area contributed by atoms with Gasteiger partial charge in [0, 0.05) is 48.4 Å². The smallest absolute Gasteiger partial charge is 0.136 e. The normalized spacial score (nSPS) is 26.8. The molecule has 0 bridgehead atoms. The lowest BCUT2D eigenvalue weighted by Gasteiger charge is -2.45. The second-order valence-electron chi connectivity index (χ2n) is 7.42. The van der Waals surface area contributed by atoms with Crippen LogP contribution in [0, 0.1) is 5.82 Å². The Bertz CT molecular complexity index is 1070. The van der Waals surface area contributed by atoms with Gasteiger partial charge in [-0.3, -0.25) is 14.6 Å². The first-order chi connectivity index (χ1) is 15.4. The first-order valence-electron chi connectivity index (χ1n) is 9.85. The highest BCUT2D eigenvalue weighted by molar-refractivity contribution is 7.99. The molecule has 0 aromatic carbocycles. The molecule has 11 heteroatoms. The molecule has 4 unspecified atom stereocenters. The molecule has 1 saturated heterocycles. The predicted molar refractivity (Wildman–Crippen MR) is 117 cm³/mol. The van der Waals surface area contributed by atoms with E-state index >= 15 is 0 Å². The molecule has 0 radical (unpaired) electrons. The summed E-state index contributed by atoms with van der Waals surface area (Å²) in [6.45, 7) is 1.60. The lowest BCUT2D eigenvalue weighted by Crippen LogP contribution is -2.57. The van der Waals surface area contributed by atoms with Gasteiger partial charge >= 0.3 is 0 Å². The molecule has 1 aliphatic rings. The summed E-state index contributed by atoms with van der Waals surface area (Å²) in [4.78, 5) is 8.94. The van der Waals surface area contributed by atoms with E-state index in [2.05, 4.69) is 15.1 Å². The van der Waals surface area contributed by atoms with Crippen molar-refractivity contribution in [1.29, 1.82) is 0 Å². The second-order valence-corrected chi connectivity index (χ2v) is 9.02. The average molecular weight is 481 g/mol. The van der Waals surface area contributed by atoms with E-state index in [0.717, 1.165) is 0 Å². The summed E-state index contributed by atoms with van der Waals surface area (Å²) in [6.07, 6.45) is 4.32. The lowest BCUT2D eigenvalue weighted by atomic mass is 9.94. The van der Waals surface area contributed by atoms with Crippen LogP contribution in [0.4, 0.5) is 4.39 Å². The first-order valence-corrected chi connectivity index (χ1v) is 11.1.